The first-order chi connectivity index (χ1) is 12.6. The van der Waals surface area contributed by atoms with Crippen LogP contribution in [0.3, 0.4) is 0 Å². The molecule has 0 saturated carbocycles. The third-order valence-corrected chi connectivity index (χ3v) is 3.83. The highest BCUT2D eigenvalue weighted by Crippen LogP contribution is 2.07. The minimum Gasteiger partial charge on any atom is -0.309 e. The molecule has 3 rings (SSSR count). The normalized spacial score (nSPS) is 9.96. The van der Waals surface area contributed by atoms with E-state index < -0.39 is 0 Å². The van der Waals surface area contributed by atoms with Gasteiger partial charge in [-0.25, -0.2) is 8.78 Å². The van der Waals surface area contributed by atoms with E-state index in [1.807, 2.05) is 12.1 Å². The summed E-state index contributed by atoms with van der Waals surface area (Å²) in [7, 11) is 0. The van der Waals surface area contributed by atoms with Gasteiger partial charge in [-0.3, -0.25) is 4.79 Å². The summed E-state index contributed by atoms with van der Waals surface area (Å²) in [4.78, 5) is 10.00. The number of hydrogen-bond donors (Lipinski definition) is 1. The minimum absolute atomic E-state index is 0.187. The molecule has 0 aliphatic heterocycles. The summed E-state index contributed by atoms with van der Waals surface area (Å²) in [6.07, 6.45) is 0.680. The predicted octanol–water partition coefficient (Wildman–Crippen LogP) is 5.06. The van der Waals surface area contributed by atoms with Gasteiger partial charge in [0.15, 0.2) is 0 Å². The zero-order valence-electron chi connectivity index (χ0n) is 14.6. The van der Waals surface area contributed by atoms with Crippen molar-refractivity contribution < 1.29 is 13.6 Å². The van der Waals surface area contributed by atoms with Crippen molar-refractivity contribution in [2.75, 3.05) is 0 Å². The molecule has 0 aliphatic rings. The number of rotatable bonds is 5. The fourth-order valence-electron chi connectivity index (χ4n) is 2.29. The van der Waals surface area contributed by atoms with Crippen molar-refractivity contribution in [1.29, 1.82) is 0 Å². The van der Waals surface area contributed by atoms with Crippen LogP contribution in [0.4, 0.5) is 8.78 Å². The highest BCUT2D eigenvalue weighted by atomic mass is 19.1. The van der Waals surface area contributed by atoms with Gasteiger partial charge >= 0.3 is 0 Å². The Labute approximate surface area is 152 Å². The van der Waals surface area contributed by atoms with Crippen LogP contribution in [-0.4, -0.2) is 6.29 Å². The van der Waals surface area contributed by atoms with Gasteiger partial charge in [-0.15, -0.1) is 0 Å². The number of carbonyl (C=O) groups excluding carboxylic acids is 1. The number of carbonyl (C=O) groups is 1. The number of halogens is 2. The Morgan fingerprint density at radius 3 is 1.96 bits per heavy atom. The fraction of sp³-hybridized carbons (Fsp3) is 0.136. The lowest BCUT2D eigenvalue weighted by Gasteiger charge is -2.07. The van der Waals surface area contributed by atoms with Crippen LogP contribution < -0.4 is 5.32 Å². The molecule has 0 radical (unpaired) electrons. The highest BCUT2D eigenvalue weighted by Gasteiger charge is 1.97. The van der Waals surface area contributed by atoms with E-state index in [2.05, 4.69) is 24.4 Å². The van der Waals surface area contributed by atoms with E-state index in [0.29, 0.717) is 11.8 Å². The molecule has 2 nitrogen and oxygen atoms in total. The van der Waals surface area contributed by atoms with Crippen LogP contribution >= 0.6 is 0 Å². The van der Waals surface area contributed by atoms with Crippen LogP contribution in [0.15, 0.2) is 72.8 Å². The van der Waals surface area contributed by atoms with Crippen molar-refractivity contribution in [2.24, 2.45) is 0 Å². The molecule has 0 amide bonds. The van der Waals surface area contributed by atoms with Gasteiger partial charge in [-0.2, -0.15) is 0 Å². The molecule has 4 heteroatoms. The topological polar surface area (TPSA) is 29.1 Å². The predicted molar refractivity (Wildman–Crippen MR) is 99.9 cm³/mol. The average Bonchev–Trinajstić information content (AvgIpc) is 2.66. The third kappa shape index (κ3) is 6.57. The van der Waals surface area contributed by atoms with E-state index in [-0.39, 0.29) is 11.6 Å². The van der Waals surface area contributed by atoms with Crippen LogP contribution in [0.5, 0.6) is 0 Å². The maximum absolute atomic E-state index is 12.7. The van der Waals surface area contributed by atoms with Crippen LogP contribution in [0, 0.1) is 18.6 Å². The lowest BCUT2D eigenvalue weighted by molar-refractivity contribution is 0.112. The molecular formula is C22H21F2NO. The Morgan fingerprint density at radius 2 is 1.38 bits per heavy atom. The molecule has 134 valence electrons. The standard InChI is InChI=1S/C15H16FN.C7H5FO/c1-12-4-2-3-5-14(12)11-17-10-13-6-8-15(16)9-7-13;8-7-3-1-6(5-9)2-4-7/h2-9,17H,10-11H2,1H3;1-5H. The largest absolute Gasteiger partial charge is 0.309 e. The second-order valence-electron chi connectivity index (χ2n) is 5.83. The van der Waals surface area contributed by atoms with Gasteiger partial charge in [0.2, 0.25) is 0 Å². The molecule has 0 spiro atoms. The molecule has 0 heterocycles. The Kier molecular flexibility index (Phi) is 7.65. The van der Waals surface area contributed by atoms with E-state index in [4.69, 9.17) is 0 Å². The number of nitrogens with one attached hydrogen (secondary N) is 1. The van der Waals surface area contributed by atoms with Crippen LogP contribution in [0.1, 0.15) is 27.0 Å². The van der Waals surface area contributed by atoms with Crippen molar-refractivity contribution >= 4 is 6.29 Å². The molecular weight excluding hydrogens is 332 g/mol. The van der Waals surface area contributed by atoms with E-state index in [0.717, 1.165) is 18.7 Å². The Hall–Kier alpha value is -2.85. The second kappa shape index (κ2) is 10.2. The van der Waals surface area contributed by atoms with Crippen molar-refractivity contribution in [1.82, 2.24) is 5.32 Å². The average molecular weight is 353 g/mol. The SMILES string of the molecule is Cc1ccccc1CNCc1ccc(F)cc1.O=Cc1ccc(F)cc1. The third-order valence-electron chi connectivity index (χ3n) is 3.83. The van der Waals surface area contributed by atoms with Gasteiger partial charge in [0, 0.05) is 18.7 Å². The lowest BCUT2D eigenvalue weighted by Crippen LogP contribution is -2.13. The van der Waals surface area contributed by atoms with Gasteiger partial charge in [0.1, 0.15) is 17.9 Å². The molecule has 26 heavy (non-hydrogen) atoms. The van der Waals surface area contributed by atoms with Crippen molar-refractivity contribution in [2.45, 2.75) is 20.0 Å². The van der Waals surface area contributed by atoms with E-state index in [1.165, 1.54) is 47.5 Å². The lowest BCUT2D eigenvalue weighted by atomic mass is 10.1. The van der Waals surface area contributed by atoms with Crippen LogP contribution in [-0.2, 0) is 13.1 Å². The molecule has 0 aliphatic carbocycles. The van der Waals surface area contributed by atoms with E-state index in [1.54, 1.807) is 12.1 Å². The number of benzene rings is 3. The van der Waals surface area contributed by atoms with Crippen LogP contribution in [0.25, 0.3) is 0 Å². The molecule has 1 N–H and O–H groups in total. The van der Waals surface area contributed by atoms with Gasteiger partial charge in [-0.05, 0) is 60.0 Å². The van der Waals surface area contributed by atoms with Gasteiger partial charge < -0.3 is 5.32 Å². The molecule has 0 atom stereocenters. The molecule has 0 aromatic heterocycles. The first-order valence-electron chi connectivity index (χ1n) is 8.29. The van der Waals surface area contributed by atoms with Crippen molar-refractivity contribution in [3.05, 3.63) is 107 Å². The summed E-state index contributed by atoms with van der Waals surface area (Å²) >= 11 is 0. The quantitative estimate of drug-likeness (QED) is 0.650. The van der Waals surface area contributed by atoms with Crippen molar-refractivity contribution in [3.63, 3.8) is 0 Å². The first kappa shape index (κ1) is 19.5. The first-order valence-corrected chi connectivity index (χ1v) is 8.29. The molecule has 3 aromatic rings. The van der Waals surface area contributed by atoms with Gasteiger partial charge in [0.25, 0.3) is 0 Å². The second-order valence-corrected chi connectivity index (χ2v) is 5.83. The van der Waals surface area contributed by atoms with Crippen LogP contribution in [0.2, 0.25) is 0 Å². The zero-order valence-corrected chi connectivity index (χ0v) is 14.6. The maximum atomic E-state index is 12.7. The fourth-order valence-corrected chi connectivity index (χ4v) is 2.29. The van der Waals surface area contributed by atoms with Crippen molar-refractivity contribution in [3.8, 4) is 0 Å². The van der Waals surface area contributed by atoms with E-state index >= 15 is 0 Å². The van der Waals surface area contributed by atoms with Gasteiger partial charge in [0.05, 0.1) is 0 Å². The smallest absolute Gasteiger partial charge is 0.150 e. The molecule has 0 unspecified atom stereocenters. The Balaban J connectivity index is 0.000000228. The Morgan fingerprint density at radius 1 is 0.808 bits per heavy atom. The number of hydrogen-bond acceptors (Lipinski definition) is 2. The molecule has 0 saturated heterocycles. The molecule has 0 fully saturated rings. The highest BCUT2D eigenvalue weighted by molar-refractivity contribution is 5.74. The number of aryl methyl sites for hydroxylation is 1. The number of aldehydes is 1. The molecule has 3 aromatic carbocycles. The maximum Gasteiger partial charge on any atom is 0.150 e. The zero-order chi connectivity index (χ0) is 18.8. The molecule has 0 bridgehead atoms. The summed E-state index contributed by atoms with van der Waals surface area (Å²) < 4.78 is 24.8. The summed E-state index contributed by atoms with van der Waals surface area (Å²) in [5.74, 6) is -0.506. The summed E-state index contributed by atoms with van der Waals surface area (Å²) in [5.41, 5.74) is 4.19. The summed E-state index contributed by atoms with van der Waals surface area (Å²) in [6.45, 7) is 3.70. The monoisotopic (exact) mass is 353 g/mol. The van der Waals surface area contributed by atoms with E-state index in [9.17, 15) is 13.6 Å². The minimum atomic E-state index is -0.319. The summed E-state index contributed by atoms with van der Waals surface area (Å²) in [5, 5.41) is 3.36. The summed E-state index contributed by atoms with van der Waals surface area (Å²) in [6, 6.07) is 20.3. The van der Waals surface area contributed by atoms with Gasteiger partial charge in [-0.1, -0.05) is 36.4 Å². The Bertz CT molecular complexity index is 814.